The second-order valence-electron chi connectivity index (χ2n) is 7.13. The normalized spacial score (nSPS) is 16.7. The van der Waals surface area contributed by atoms with Gasteiger partial charge >= 0.3 is 0 Å². The maximum absolute atomic E-state index is 13.3. The van der Waals surface area contributed by atoms with E-state index in [0.717, 1.165) is 11.1 Å². The molecule has 0 N–H and O–H groups in total. The van der Waals surface area contributed by atoms with E-state index in [1.165, 1.54) is 19.1 Å². The van der Waals surface area contributed by atoms with Crippen molar-refractivity contribution in [2.45, 2.75) is 20.0 Å². The third-order valence-corrected chi connectivity index (χ3v) is 5.43. The number of morpholine rings is 1. The molecule has 1 fully saturated rings. The largest absolute Gasteiger partial charge is 0.491 e. The van der Waals surface area contributed by atoms with Gasteiger partial charge in [0, 0.05) is 18.2 Å². The number of Topliss-reactive ketones (excluding diaryl/α,β-unsaturated/α-hetero) is 1. The van der Waals surface area contributed by atoms with Crippen LogP contribution in [-0.2, 0) is 9.53 Å². The van der Waals surface area contributed by atoms with Gasteiger partial charge in [-0.3, -0.25) is 9.59 Å². The number of carbonyl (C=O) groups excluding carboxylic acids is 2. The highest BCUT2D eigenvalue weighted by molar-refractivity contribution is 9.10. The Bertz CT molecular complexity index is 976. The Morgan fingerprint density at radius 1 is 1.30 bits per heavy atom. The van der Waals surface area contributed by atoms with Crippen molar-refractivity contribution >= 4 is 33.7 Å². The molecule has 1 atom stereocenters. The highest BCUT2D eigenvalue weighted by Crippen LogP contribution is 2.20. The van der Waals surface area contributed by atoms with Gasteiger partial charge in [0.05, 0.1) is 17.6 Å². The average Bonchev–Trinajstić information content (AvgIpc) is 2.73. The van der Waals surface area contributed by atoms with Crippen LogP contribution in [0.25, 0.3) is 6.08 Å². The molecular weight excluding hydrogens is 453 g/mol. The van der Waals surface area contributed by atoms with Gasteiger partial charge in [-0.1, -0.05) is 6.07 Å². The molecule has 158 valence electrons. The number of hydrogen-bond donors (Lipinski definition) is 0. The van der Waals surface area contributed by atoms with Crippen LogP contribution in [0.5, 0.6) is 5.75 Å². The van der Waals surface area contributed by atoms with Crippen LogP contribution in [0, 0.1) is 12.7 Å². The Hall–Kier alpha value is -2.51. The Balaban J connectivity index is 1.55. The van der Waals surface area contributed by atoms with Gasteiger partial charge in [0.15, 0.2) is 5.78 Å². The molecule has 1 heterocycles. The number of amides is 1. The summed E-state index contributed by atoms with van der Waals surface area (Å²) in [5.41, 5.74) is 2.26. The number of aryl methyl sites for hydroxylation is 1. The lowest BCUT2D eigenvalue weighted by atomic mass is 10.1. The van der Waals surface area contributed by atoms with Crippen molar-refractivity contribution in [2.75, 3.05) is 26.3 Å². The van der Waals surface area contributed by atoms with Gasteiger partial charge in [-0.25, -0.2) is 4.39 Å². The van der Waals surface area contributed by atoms with Crippen molar-refractivity contribution < 1.29 is 23.5 Å². The van der Waals surface area contributed by atoms with Gasteiger partial charge in [0.2, 0.25) is 5.91 Å². The van der Waals surface area contributed by atoms with Crippen LogP contribution < -0.4 is 4.74 Å². The Labute approximate surface area is 183 Å². The van der Waals surface area contributed by atoms with Crippen LogP contribution >= 0.6 is 15.9 Å². The molecule has 0 aliphatic carbocycles. The number of nitrogens with zero attached hydrogens (tertiary/aromatic N) is 1. The third kappa shape index (κ3) is 5.77. The summed E-state index contributed by atoms with van der Waals surface area (Å²) in [5.74, 6) is 0.197. The first-order valence-corrected chi connectivity index (χ1v) is 10.4. The van der Waals surface area contributed by atoms with Crippen molar-refractivity contribution in [3.8, 4) is 5.75 Å². The van der Waals surface area contributed by atoms with Crippen LogP contribution in [0.3, 0.4) is 0 Å². The predicted molar refractivity (Wildman–Crippen MR) is 116 cm³/mol. The van der Waals surface area contributed by atoms with Gasteiger partial charge in [-0.15, -0.1) is 0 Å². The molecule has 1 aliphatic rings. The fourth-order valence-electron chi connectivity index (χ4n) is 3.22. The summed E-state index contributed by atoms with van der Waals surface area (Å²) in [6.45, 7) is 5.05. The van der Waals surface area contributed by atoms with Crippen LogP contribution in [-0.4, -0.2) is 49.0 Å². The highest BCUT2D eigenvalue weighted by atomic mass is 79.9. The van der Waals surface area contributed by atoms with E-state index in [2.05, 4.69) is 15.9 Å². The van der Waals surface area contributed by atoms with Crippen molar-refractivity contribution in [1.29, 1.82) is 0 Å². The highest BCUT2D eigenvalue weighted by Gasteiger charge is 2.23. The van der Waals surface area contributed by atoms with Crippen LogP contribution in [0.4, 0.5) is 4.39 Å². The summed E-state index contributed by atoms with van der Waals surface area (Å²) in [6.07, 6.45) is 2.89. The molecule has 2 aromatic carbocycles. The van der Waals surface area contributed by atoms with E-state index < -0.39 is 0 Å². The number of halogens is 2. The SMILES string of the molecule is CC(=O)c1ccc(OCC2CN(C(=O)/C=C/c3ccc(F)c(Br)c3)CCO2)cc1C. The van der Waals surface area contributed by atoms with Gasteiger partial charge in [0.1, 0.15) is 24.3 Å². The molecule has 1 aliphatic heterocycles. The molecule has 1 amide bonds. The molecule has 0 bridgehead atoms. The standard InChI is InChI=1S/C23H23BrFNO4/c1-15-11-18(5-6-20(15)16(2)27)30-14-19-13-26(9-10-29-19)23(28)8-4-17-3-7-22(25)21(24)12-17/h3-8,11-12,19H,9-10,13-14H2,1-2H3/b8-4+. The van der Waals surface area contributed by atoms with E-state index in [0.29, 0.717) is 42.1 Å². The molecule has 0 aromatic heterocycles. The Morgan fingerprint density at radius 2 is 2.10 bits per heavy atom. The molecular formula is C23H23BrFNO4. The van der Waals surface area contributed by atoms with Gasteiger partial charge < -0.3 is 14.4 Å². The number of hydrogen-bond acceptors (Lipinski definition) is 4. The number of ketones is 1. The average molecular weight is 476 g/mol. The van der Waals surface area contributed by atoms with Crippen molar-refractivity contribution in [3.63, 3.8) is 0 Å². The molecule has 5 nitrogen and oxygen atoms in total. The molecule has 30 heavy (non-hydrogen) atoms. The topological polar surface area (TPSA) is 55.8 Å². The molecule has 2 aromatic rings. The Morgan fingerprint density at radius 3 is 2.80 bits per heavy atom. The minimum Gasteiger partial charge on any atom is -0.491 e. The molecule has 1 saturated heterocycles. The van der Waals surface area contributed by atoms with Crippen LogP contribution in [0.2, 0.25) is 0 Å². The minimum absolute atomic E-state index is 0.0184. The first-order chi connectivity index (χ1) is 14.3. The monoisotopic (exact) mass is 475 g/mol. The zero-order valence-corrected chi connectivity index (χ0v) is 18.4. The molecule has 7 heteroatoms. The second kappa shape index (κ2) is 10.00. The summed E-state index contributed by atoms with van der Waals surface area (Å²) < 4.78 is 25.2. The maximum atomic E-state index is 13.3. The van der Waals surface area contributed by atoms with Crippen molar-refractivity contribution in [3.05, 3.63) is 69.5 Å². The smallest absolute Gasteiger partial charge is 0.246 e. The van der Waals surface area contributed by atoms with Gasteiger partial charge in [-0.05, 0) is 77.3 Å². The van der Waals surface area contributed by atoms with E-state index >= 15 is 0 Å². The van der Waals surface area contributed by atoms with Gasteiger partial charge in [-0.2, -0.15) is 0 Å². The molecule has 3 rings (SSSR count). The van der Waals surface area contributed by atoms with Crippen LogP contribution in [0.1, 0.15) is 28.4 Å². The van der Waals surface area contributed by atoms with Crippen molar-refractivity contribution in [1.82, 2.24) is 4.90 Å². The quantitative estimate of drug-likeness (QED) is 0.458. The summed E-state index contributed by atoms with van der Waals surface area (Å²) in [5, 5.41) is 0. The third-order valence-electron chi connectivity index (χ3n) is 4.83. The lowest BCUT2D eigenvalue weighted by Gasteiger charge is -2.32. The first kappa shape index (κ1) is 22.2. The zero-order valence-electron chi connectivity index (χ0n) is 16.9. The summed E-state index contributed by atoms with van der Waals surface area (Å²) >= 11 is 3.14. The lowest BCUT2D eigenvalue weighted by Crippen LogP contribution is -2.47. The Kier molecular flexibility index (Phi) is 7.39. The summed E-state index contributed by atoms with van der Waals surface area (Å²) in [4.78, 5) is 25.8. The van der Waals surface area contributed by atoms with E-state index in [1.807, 2.05) is 13.0 Å². The van der Waals surface area contributed by atoms with E-state index in [4.69, 9.17) is 9.47 Å². The number of rotatable bonds is 6. The fraction of sp³-hybridized carbons (Fsp3) is 0.304. The number of ether oxygens (including phenoxy) is 2. The van der Waals surface area contributed by atoms with E-state index in [-0.39, 0.29) is 23.6 Å². The summed E-state index contributed by atoms with van der Waals surface area (Å²) in [7, 11) is 0. The minimum atomic E-state index is -0.347. The van der Waals surface area contributed by atoms with Crippen molar-refractivity contribution in [2.24, 2.45) is 0 Å². The molecule has 0 spiro atoms. The second-order valence-corrected chi connectivity index (χ2v) is 7.98. The fourth-order valence-corrected chi connectivity index (χ4v) is 3.62. The first-order valence-electron chi connectivity index (χ1n) is 9.61. The van der Waals surface area contributed by atoms with Crippen LogP contribution in [0.15, 0.2) is 46.9 Å². The zero-order chi connectivity index (χ0) is 21.7. The predicted octanol–water partition coefficient (Wildman–Crippen LogP) is 4.42. The molecule has 0 radical (unpaired) electrons. The summed E-state index contributed by atoms with van der Waals surface area (Å²) in [6, 6.07) is 9.92. The number of carbonyl (C=O) groups is 2. The maximum Gasteiger partial charge on any atom is 0.246 e. The van der Waals surface area contributed by atoms with E-state index in [9.17, 15) is 14.0 Å². The number of benzene rings is 2. The molecule has 1 unspecified atom stereocenters. The molecule has 0 saturated carbocycles. The lowest BCUT2D eigenvalue weighted by molar-refractivity contribution is -0.134. The van der Waals surface area contributed by atoms with E-state index in [1.54, 1.807) is 35.2 Å². The van der Waals surface area contributed by atoms with Gasteiger partial charge in [0.25, 0.3) is 0 Å².